The Balaban J connectivity index is 1.80. The summed E-state index contributed by atoms with van der Waals surface area (Å²) in [6.45, 7) is 1.20. The molecule has 0 aliphatic carbocycles. The molecule has 1 heterocycles. The molecule has 78 valence electrons. The van der Waals surface area contributed by atoms with E-state index in [0.717, 1.165) is 4.88 Å². The average Bonchev–Trinajstić information content (AvgIpc) is 2.66. The van der Waals surface area contributed by atoms with Crippen LogP contribution in [0.15, 0.2) is 36.5 Å². The lowest BCUT2D eigenvalue weighted by Gasteiger charge is -2.01. The van der Waals surface area contributed by atoms with Gasteiger partial charge in [-0.15, -0.1) is 0 Å². The lowest BCUT2D eigenvalue weighted by atomic mass is 10.2. The molecule has 0 saturated carbocycles. The first-order valence-corrected chi connectivity index (χ1v) is 5.48. The second kappa shape index (κ2) is 4.91. The molecular formula is C11H12N2OS. The van der Waals surface area contributed by atoms with Gasteiger partial charge in [-0.1, -0.05) is 41.7 Å². The second-order valence-electron chi connectivity index (χ2n) is 3.14. The van der Waals surface area contributed by atoms with Gasteiger partial charge in [0.25, 0.3) is 0 Å². The number of anilines is 1. The number of ether oxygens (including phenoxy) is 1. The SMILES string of the molecule is Nc1ncc(COCc2ccccc2)s1. The molecule has 0 atom stereocenters. The highest BCUT2D eigenvalue weighted by Gasteiger charge is 1.98. The third kappa shape index (κ3) is 3.04. The highest BCUT2D eigenvalue weighted by Crippen LogP contribution is 2.15. The molecule has 2 rings (SSSR count). The van der Waals surface area contributed by atoms with Gasteiger partial charge in [-0.25, -0.2) is 4.98 Å². The monoisotopic (exact) mass is 220 g/mol. The lowest BCUT2D eigenvalue weighted by molar-refractivity contribution is 0.109. The summed E-state index contributed by atoms with van der Waals surface area (Å²) in [5.41, 5.74) is 6.69. The zero-order chi connectivity index (χ0) is 10.5. The van der Waals surface area contributed by atoms with Gasteiger partial charge in [0, 0.05) is 6.20 Å². The van der Waals surface area contributed by atoms with Crippen molar-refractivity contribution in [1.29, 1.82) is 0 Å². The standard InChI is InChI=1S/C11H12N2OS/c12-11-13-6-10(15-11)8-14-7-9-4-2-1-3-5-9/h1-6H,7-8H2,(H2,12,13). The summed E-state index contributed by atoms with van der Waals surface area (Å²) in [7, 11) is 0. The van der Waals surface area contributed by atoms with Gasteiger partial charge in [-0.3, -0.25) is 0 Å². The van der Waals surface area contributed by atoms with E-state index in [1.165, 1.54) is 16.9 Å². The number of hydrogen-bond acceptors (Lipinski definition) is 4. The van der Waals surface area contributed by atoms with Gasteiger partial charge in [0.15, 0.2) is 5.13 Å². The molecule has 15 heavy (non-hydrogen) atoms. The van der Waals surface area contributed by atoms with Crippen molar-refractivity contribution in [2.24, 2.45) is 0 Å². The van der Waals surface area contributed by atoms with E-state index in [9.17, 15) is 0 Å². The van der Waals surface area contributed by atoms with Crippen LogP contribution in [0, 0.1) is 0 Å². The van der Waals surface area contributed by atoms with Crippen LogP contribution in [0.3, 0.4) is 0 Å². The molecular weight excluding hydrogens is 208 g/mol. The number of hydrogen-bond donors (Lipinski definition) is 1. The highest BCUT2D eigenvalue weighted by molar-refractivity contribution is 7.15. The molecule has 4 heteroatoms. The van der Waals surface area contributed by atoms with E-state index in [-0.39, 0.29) is 0 Å². The van der Waals surface area contributed by atoms with E-state index in [4.69, 9.17) is 10.5 Å². The normalized spacial score (nSPS) is 10.4. The molecule has 0 aliphatic heterocycles. The van der Waals surface area contributed by atoms with Gasteiger partial charge in [-0.05, 0) is 5.56 Å². The van der Waals surface area contributed by atoms with Crippen molar-refractivity contribution < 1.29 is 4.74 Å². The Hall–Kier alpha value is -1.39. The summed E-state index contributed by atoms with van der Waals surface area (Å²) < 4.78 is 5.53. The number of nitrogens with zero attached hydrogens (tertiary/aromatic N) is 1. The molecule has 0 unspecified atom stereocenters. The van der Waals surface area contributed by atoms with Crippen LogP contribution in [0.5, 0.6) is 0 Å². The van der Waals surface area contributed by atoms with Crippen LogP contribution in [0.2, 0.25) is 0 Å². The Kier molecular flexibility index (Phi) is 3.32. The van der Waals surface area contributed by atoms with Gasteiger partial charge in [-0.2, -0.15) is 0 Å². The third-order valence-electron chi connectivity index (χ3n) is 1.93. The van der Waals surface area contributed by atoms with Crippen LogP contribution < -0.4 is 5.73 Å². The number of benzene rings is 1. The van der Waals surface area contributed by atoms with Crippen molar-refractivity contribution in [1.82, 2.24) is 4.98 Å². The Morgan fingerprint density at radius 1 is 1.20 bits per heavy atom. The largest absolute Gasteiger partial charge is 0.375 e. The summed E-state index contributed by atoms with van der Waals surface area (Å²) >= 11 is 1.46. The van der Waals surface area contributed by atoms with Gasteiger partial charge in [0.1, 0.15) is 0 Å². The van der Waals surface area contributed by atoms with Crippen LogP contribution >= 0.6 is 11.3 Å². The third-order valence-corrected chi connectivity index (χ3v) is 2.73. The summed E-state index contributed by atoms with van der Waals surface area (Å²) in [5, 5.41) is 0.591. The minimum atomic E-state index is 0.573. The number of aromatic nitrogens is 1. The molecule has 3 nitrogen and oxygen atoms in total. The first kappa shape index (κ1) is 10.1. The quantitative estimate of drug-likeness (QED) is 0.861. The zero-order valence-corrected chi connectivity index (χ0v) is 9.04. The molecule has 1 aromatic carbocycles. The average molecular weight is 220 g/mol. The number of nitrogen functional groups attached to an aromatic ring is 1. The van der Waals surface area contributed by atoms with E-state index in [1.54, 1.807) is 6.20 Å². The van der Waals surface area contributed by atoms with Crippen molar-refractivity contribution in [3.8, 4) is 0 Å². The van der Waals surface area contributed by atoms with Crippen LogP contribution in [0.4, 0.5) is 5.13 Å². The fourth-order valence-corrected chi connectivity index (χ4v) is 1.85. The van der Waals surface area contributed by atoms with E-state index in [2.05, 4.69) is 4.98 Å². The highest BCUT2D eigenvalue weighted by atomic mass is 32.1. The number of rotatable bonds is 4. The van der Waals surface area contributed by atoms with Crippen molar-refractivity contribution in [2.45, 2.75) is 13.2 Å². The van der Waals surface area contributed by atoms with Crippen LogP contribution in [0.1, 0.15) is 10.4 Å². The van der Waals surface area contributed by atoms with Crippen LogP contribution in [-0.4, -0.2) is 4.98 Å². The minimum absolute atomic E-state index is 0.573. The molecule has 0 bridgehead atoms. The van der Waals surface area contributed by atoms with Gasteiger partial charge >= 0.3 is 0 Å². The summed E-state index contributed by atoms with van der Waals surface area (Å²) in [4.78, 5) is 5.02. The van der Waals surface area contributed by atoms with E-state index in [1.807, 2.05) is 30.3 Å². The zero-order valence-electron chi connectivity index (χ0n) is 8.22. The summed E-state index contributed by atoms with van der Waals surface area (Å²) in [6.07, 6.45) is 1.75. The summed E-state index contributed by atoms with van der Waals surface area (Å²) in [5.74, 6) is 0. The molecule has 0 fully saturated rings. The molecule has 1 aromatic heterocycles. The van der Waals surface area contributed by atoms with E-state index in [0.29, 0.717) is 18.3 Å². The van der Waals surface area contributed by atoms with Gasteiger partial charge in [0.2, 0.25) is 0 Å². The molecule has 0 saturated heterocycles. The van der Waals surface area contributed by atoms with E-state index < -0.39 is 0 Å². The predicted molar refractivity (Wildman–Crippen MR) is 61.5 cm³/mol. The molecule has 0 amide bonds. The molecule has 0 spiro atoms. The molecule has 2 N–H and O–H groups in total. The van der Waals surface area contributed by atoms with Crippen LogP contribution in [-0.2, 0) is 18.0 Å². The Bertz CT molecular complexity index is 414. The molecule has 0 radical (unpaired) electrons. The van der Waals surface area contributed by atoms with Crippen molar-refractivity contribution in [3.63, 3.8) is 0 Å². The van der Waals surface area contributed by atoms with Crippen LogP contribution in [0.25, 0.3) is 0 Å². The predicted octanol–water partition coefficient (Wildman–Crippen LogP) is 2.44. The van der Waals surface area contributed by atoms with Crippen molar-refractivity contribution in [2.75, 3.05) is 5.73 Å². The number of thiazole rings is 1. The second-order valence-corrected chi connectivity index (χ2v) is 4.29. The molecule has 2 aromatic rings. The fourth-order valence-electron chi connectivity index (χ4n) is 1.23. The number of nitrogens with two attached hydrogens (primary N) is 1. The van der Waals surface area contributed by atoms with Crippen molar-refractivity contribution >= 4 is 16.5 Å². The molecule has 0 aliphatic rings. The van der Waals surface area contributed by atoms with Gasteiger partial charge < -0.3 is 10.5 Å². The maximum atomic E-state index is 5.53. The smallest absolute Gasteiger partial charge is 0.180 e. The Morgan fingerprint density at radius 2 is 2.00 bits per heavy atom. The lowest BCUT2D eigenvalue weighted by Crippen LogP contribution is -1.91. The Labute approximate surface area is 92.5 Å². The first-order chi connectivity index (χ1) is 7.34. The van der Waals surface area contributed by atoms with Gasteiger partial charge in [0.05, 0.1) is 18.1 Å². The Morgan fingerprint density at radius 3 is 2.67 bits per heavy atom. The van der Waals surface area contributed by atoms with E-state index >= 15 is 0 Å². The fraction of sp³-hybridized carbons (Fsp3) is 0.182. The summed E-state index contributed by atoms with van der Waals surface area (Å²) in [6, 6.07) is 10.1. The maximum absolute atomic E-state index is 5.53. The minimum Gasteiger partial charge on any atom is -0.375 e. The maximum Gasteiger partial charge on any atom is 0.180 e. The van der Waals surface area contributed by atoms with Crippen molar-refractivity contribution in [3.05, 3.63) is 47.0 Å². The topological polar surface area (TPSA) is 48.1 Å². The first-order valence-electron chi connectivity index (χ1n) is 4.66.